The zero-order chi connectivity index (χ0) is 7.40. The van der Waals surface area contributed by atoms with Crippen LogP contribution in [0.25, 0.3) is 0 Å². The smallest absolute Gasteiger partial charge is 0.379 e. The molecule has 1 rings (SSSR count). The van der Waals surface area contributed by atoms with Crippen molar-refractivity contribution in [3.63, 3.8) is 0 Å². The van der Waals surface area contributed by atoms with Gasteiger partial charge < -0.3 is 13.1 Å². The fourth-order valence-electron chi connectivity index (χ4n) is 0.837. The maximum Gasteiger partial charge on any atom is 0.416 e. The molecule has 1 unspecified atom stereocenters. The Morgan fingerprint density at radius 1 is 1.80 bits per heavy atom. The quantitative estimate of drug-likeness (QED) is 0.708. The summed E-state index contributed by atoms with van der Waals surface area (Å²) >= 11 is 1.55. The number of carbonyl (C=O) groups is 1. The van der Waals surface area contributed by atoms with Gasteiger partial charge in [0.1, 0.15) is 0 Å². The van der Waals surface area contributed by atoms with Gasteiger partial charge in [0.2, 0.25) is 0 Å². The van der Waals surface area contributed by atoms with Gasteiger partial charge in [-0.3, -0.25) is 0 Å². The van der Waals surface area contributed by atoms with Crippen molar-refractivity contribution in [2.45, 2.75) is 12.5 Å². The Morgan fingerprint density at radius 2 is 2.60 bits per heavy atom. The van der Waals surface area contributed by atoms with Crippen molar-refractivity contribution in [1.29, 1.82) is 0 Å². The first kappa shape index (κ1) is 8.06. The summed E-state index contributed by atoms with van der Waals surface area (Å²) in [4.78, 5) is 10.6. The molecule has 1 heterocycles. The Labute approximate surface area is 72.9 Å². The molecule has 1 N–H and O–H groups in total. The van der Waals surface area contributed by atoms with E-state index in [-0.39, 0.29) is 6.04 Å². The van der Waals surface area contributed by atoms with Gasteiger partial charge in [-0.2, -0.15) is 0 Å². The molecule has 0 spiro atoms. The molecule has 0 aliphatic carbocycles. The predicted molar refractivity (Wildman–Crippen MR) is 42.9 cm³/mol. The highest BCUT2D eigenvalue weighted by atomic mass is 127. The van der Waals surface area contributed by atoms with Crippen molar-refractivity contribution in [3.8, 4) is 0 Å². The van der Waals surface area contributed by atoms with Crippen LogP contribution in [0.4, 0.5) is 4.79 Å². The molecule has 10 heavy (non-hydrogen) atoms. The van der Waals surface area contributed by atoms with Gasteiger partial charge in [0.05, 0.1) is 12.6 Å². The lowest BCUT2D eigenvalue weighted by atomic mass is 10.3. The molecule has 1 aliphatic heterocycles. The van der Waals surface area contributed by atoms with E-state index in [1.807, 2.05) is 0 Å². The lowest BCUT2D eigenvalue weighted by Crippen LogP contribution is -2.33. The minimum atomic E-state index is -0.392. The van der Waals surface area contributed by atoms with Crippen molar-refractivity contribution in [2.75, 3.05) is 13.2 Å². The van der Waals surface area contributed by atoms with Crippen molar-refractivity contribution in [1.82, 2.24) is 5.32 Å². The Morgan fingerprint density at radius 3 is 3.10 bits per heavy atom. The number of hydrogen-bond acceptors (Lipinski definition) is 3. The highest BCUT2D eigenvalue weighted by Crippen LogP contribution is 2.03. The summed E-state index contributed by atoms with van der Waals surface area (Å²) in [5.74, 6) is 0. The minimum absolute atomic E-state index is 0.141. The number of amides is 1. The van der Waals surface area contributed by atoms with Crippen LogP contribution >= 0.6 is 23.0 Å². The van der Waals surface area contributed by atoms with Crippen LogP contribution in [-0.4, -0.2) is 25.3 Å². The maximum absolute atomic E-state index is 10.6. The van der Waals surface area contributed by atoms with Crippen LogP contribution in [0.1, 0.15) is 6.42 Å². The van der Waals surface area contributed by atoms with E-state index in [9.17, 15) is 4.79 Å². The van der Waals surface area contributed by atoms with Gasteiger partial charge in [0.15, 0.2) is 23.0 Å². The summed E-state index contributed by atoms with van der Waals surface area (Å²) in [6, 6.07) is 0.141. The van der Waals surface area contributed by atoms with Gasteiger partial charge in [-0.25, -0.2) is 4.79 Å². The Hall–Kier alpha value is -0.0400. The van der Waals surface area contributed by atoms with Crippen LogP contribution in [0.3, 0.4) is 0 Å². The number of hydrogen-bond donors (Lipinski definition) is 1. The first-order valence-corrected chi connectivity index (χ1v) is 3.88. The van der Waals surface area contributed by atoms with Crippen LogP contribution in [0, 0.1) is 0 Å². The lowest BCUT2D eigenvalue weighted by molar-refractivity contribution is 0.183. The van der Waals surface area contributed by atoms with E-state index in [1.54, 1.807) is 23.0 Å². The van der Waals surface area contributed by atoms with Crippen molar-refractivity contribution in [3.05, 3.63) is 0 Å². The molecule has 1 atom stereocenters. The first-order valence-electron chi connectivity index (χ1n) is 3.00. The summed E-state index contributed by atoms with van der Waals surface area (Å²) in [6.45, 7) is 1.33. The summed E-state index contributed by atoms with van der Waals surface area (Å²) in [6.07, 6.45) is 0.488. The fourth-order valence-corrected chi connectivity index (χ4v) is 0.964. The van der Waals surface area contributed by atoms with E-state index in [0.717, 1.165) is 13.0 Å². The largest absolute Gasteiger partial charge is 0.416 e. The molecular weight excluding hydrogens is 249 g/mol. The van der Waals surface area contributed by atoms with Gasteiger partial charge in [-0.05, 0) is 6.42 Å². The van der Waals surface area contributed by atoms with Gasteiger partial charge in [0, 0.05) is 6.61 Å². The topological polar surface area (TPSA) is 47.6 Å². The monoisotopic (exact) mass is 257 g/mol. The second-order valence-electron chi connectivity index (χ2n) is 2.07. The summed E-state index contributed by atoms with van der Waals surface area (Å²) < 4.78 is 9.41. The normalized spacial score (nSPS) is 24.3. The third kappa shape index (κ3) is 2.30. The molecule has 1 saturated heterocycles. The van der Waals surface area contributed by atoms with E-state index in [0.29, 0.717) is 6.61 Å². The Bertz CT molecular complexity index is 124. The van der Waals surface area contributed by atoms with Crippen LogP contribution in [0.2, 0.25) is 0 Å². The number of ether oxygens (including phenoxy) is 1. The fraction of sp³-hybridized carbons (Fsp3) is 0.800. The predicted octanol–water partition coefficient (Wildman–Crippen LogP) is 0.852. The molecule has 58 valence electrons. The molecule has 1 amide bonds. The van der Waals surface area contributed by atoms with Crippen LogP contribution in [0.15, 0.2) is 0 Å². The van der Waals surface area contributed by atoms with Gasteiger partial charge in [-0.1, -0.05) is 0 Å². The van der Waals surface area contributed by atoms with E-state index in [1.165, 1.54) is 0 Å². The van der Waals surface area contributed by atoms with Crippen LogP contribution in [0.5, 0.6) is 0 Å². The minimum Gasteiger partial charge on any atom is -0.379 e. The average Bonchev–Trinajstić information content (AvgIpc) is 2.40. The summed E-state index contributed by atoms with van der Waals surface area (Å²) in [7, 11) is 0. The number of carbonyl (C=O) groups excluding carboxylic acids is 1. The first-order chi connectivity index (χ1) is 4.83. The molecule has 0 bridgehead atoms. The van der Waals surface area contributed by atoms with Crippen molar-refractivity contribution < 1.29 is 12.6 Å². The van der Waals surface area contributed by atoms with Crippen molar-refractivity contribution in [2.24, 2.45) is 0 Å². The maximum atomic E-state index is 10.6. The highest BCUT2D eigenvalue weighted by Gasteiger charge is 2.17. The Kier molecular flexibility index (Phi) is 3.20. The highest BCUT2D eigenvalue weighted by molar-refractivity contribution is 14.1. The zero-order valence-corrected chi connectivity index (χ0v) is 7.46. The molecule has 5 heteroatoms. The molecule has 0 saturated carbocycles. The van der Waals surface area contributed by atoms with E-state index >= 15 is 0 Å². The molecule has 4 nitrogen and oxygen atoms in total. The molecule has 0 aromatic rings. The number of nitrogens with one attached hydrogen (secondary N) is 1. The summed E-state index contributed by atoms with van der Waals surface area (Å²) in [5, 5.41) is 2.63. The third-order valence-corrected chi connectivity index (χ3v) is 1.72. The summed E-state index contributed by atoms with van der Waals surface area (Å²) in [5.41, 5.74) is 0. The van der Waals surface area contributed by atoms with Crippen LogP contribution in [-0.2, 0) is 7.80 Å². The number of halogens is 1. The zero-order valence-electron chi connectivity index (χ0n) is 5.30. The molecule has 0 aromatic carbocycles. The standard InChI is InChI=1S/C5H8INO3/c6-10-5(8)7-4-1-2-9-3-4/h4H,1-3H2,(H,7,8). The molecule has 0 aromatic heterocycles. The molecule has 1 aliphatic rings. The van der Waals surface area contributed by atoms with E-state index in [2.05, 4.69) is 8.38 Å². The molecule has 1 fully saturated rings. The van der Waals surface area contributed by atoms with Crippen molar-refractivity contribution >= 4 is 29.1 Å². The van der Waals surface area contributed by atoms with Gasteiger partial charge >= 0.3 is 6.09 Å². The number of rotatable bonds is 1. The second-order valence-corrected chi connectivity index (χ2v) is 2.51. The molecular formula is C5H8INO3. The Balaban J connectivity index is 2.17. The average molecular weight is 257 g/mol. The lowest BCUT2D eigenvalue weighted by Gasteiger charge is -2.06. The van der Waals surface area contributed by atoms with E-state index in [4.69, 9.17) is 4.74 Å². The molecule has 0 radical (unpaired) electrons. The third-order valence-electron chi connectivity index (χ3n) is 1.32. The second kappa shape index (κ2) is 3.97. The SMILES string of the molecule is O=C(NC1CCOC1)OI. The van der Waals surface area contributed by atoms with Crippen LogP contribution < -0.4 is 5.32 Å². The van der Waals surface area contributed by atoms with E-state index < -0.39 is 6.09 Å². The van der Waals surface area contributed by atoms with Gasteiger partial charge in [0.25, 0.3) is 0 Å². The van der Waals surface area contributed by atoms with Gasteiger partial charge in [-0.15, -0.1) is 0 Å².